The van der Waals surface area contributed by atoms with Gasteiger partial charge < -0.3 is 19.5 Å². The lowest BCUT2D eigenvalue weighted by atomic mass is 9.95. The van der Waals surface area contributed by atoms with Crippen LogP contribution in [0.4, 0.5) is 5.69 Å². The highest BCUT2D eigenvalue weighted by molar-refractivity contribution is 9.10. The molecule has 1 aliphatic rings. The van der Waals surface area contributed by atoms with Crippen molar-refractivity contribution in [2.75, 3.05) is 26.1 Å². The summed E-state index contributed by atoms with van der Waals surface area (Å²) < 4.78 is 19.3. The molecule has 10 heteroatoms. The van der Waals surface area contributed by atoms with Gasteiger partial charge in [-0.15, -0.1) is 0 Å². The van der Waals surface area contributed by atoms with Gasteiger partial charge in [0.1, 0.15) is 5.75 Å². The van der Waals surface area contributed by atoms with Gasteiger partial charge in [0.2, 0.25) is 0 Å². The van der Waals surface area contributed by atoms with E-state index in [1.807, 2.05) is 67.6 Å². The lowest BCUT2D eigenvalue weighted by molar-refractivity contribution is -0.113. The molecule has 3 aromatic carbocycles. The van der Waals surface area contributed by atoms with Crippen LogP contribution in [0.3, 0.4) is 0 Å². The maximum absolute atomic E-state index is 14.0. The maximum atomic E-state index is 14.0. The molecular weight excluding hydrogens is 606 g/mol. The van der Waals surface area contributed by atoms with Crippen molar-refractivity contribution in [3.63, 3.8) is 0 Å². The van der Waals surface area contributed by atoms with E-state index in [0.29, 0.717) is 54.6 Å². The number of hydrogen-bond donors (Lipinski definition) is 1. The number of allylic oxidation sites excluding steroid dienone is 1. The van der Waals surface area contributed by atoms with Gasteiger partial charge in [-0.3, -0.25) is 14.2 Å². The van der Waals surface area contributed by atoms with Crippen molar-refractivity contribution in [1.29, 1.82) is 0 Å². The monoisotopic (exact) mass is 633 g/mol. The fraction of sp³-hybridized carbons (Fsp3) is 0.194. The Morgan fingerprint density at radius 3 is 2.49 bits per heavy atom. The van der Waals surface area contributed by atoms with Gasteiger partial charge in [-0.1, -0.05) is 41.7 Å². The summed E-state index contributed by atoms with van der Waals surface area (Å²) in [4.78, 5) is 32.9. The molecule has 0 spiro atoms. The van der Waals surface area contributed by atoms with Gasteiger partial charge in [-0.05, 0) is 83.4 Å². The number of carbonyl (C=O) groups is 1. The van der Waals surface area contributed by atoms with Crippen LogP contribution in [0.25, 0.3) is 6.08 Å². The normalized spacial score (nSPS) is 14.8. The van der Waals surface area contributed by atoms with Gasteiger partial charge in [0, 0.05) is 5.69 Å². The number of halogens is 1. The summed E-state index contributed by atoms with van der Waals surface area (Å²) in [7, 11) is 3.12. The predicted molar refractivity (Wildman–Crippen MR) is 164 cm³/mol. The first-order valence-electron chi connectivity index (χ1n) is 12.9. The summed E-state index contributed by atoms with van der Waals surface area (Å²) >= 11 is 4.79. The number of nitrogens with zero attached hydrogens (tertiary/aromatic N) is 2. The standard InChI is InChI=1S/C31H28BrN3O5S/c1-5-40-22-13-11-20(12-14-22)27-26(29(36)34-21-9-7-6-8-10-21)18(2)33-31-35(27)30(37)25(41-31)17-19-15-23(32)28(39-4)24(16-19)38-3/h6-17,27H,5H2,1-4H3,(H,34,36)/b25-17-/t27-/m1/s1. The van der Waals surface area contributed by atoms with Crippen LogP contribution >= 0.6 is 27.3 Å². The fourth-order valence-electron chi connectivity index (χ4n) is 4.73. The third kappa shape index (κ3) is 5.71. The molecule has 1 amide bonds. The first kappa shape index (κ1) is 28.4. The maximum Gasteiger partial charge on any atom is 0.271 e. The number of anilines is 1. The second-order valence-corrected chi connectivity index (χ2v) is 11.0. The van der Waals surface area contributed by atoms with Gasteiger partial charge >= 0.3 is 0 Å². The quantitative estimate of drug-likeness (QED) is 0.293. The van der Waals surface area contributed by atoms with Crippen LogP contribution in [0.15, 0.2) is 92.3 Å². The van der Waals surface area contributed by atoms with Gasteiger partial charge in [0.05, 0.1) is 47.1 Å². The fourth-order valence-corrected chi connectivity index (χ4v) is 6.40. The first-order valence-corrected chi connectivity index (χ1v) is 14.5. The van der Waals surface area contributed by atoms with E-state index in [1.165, 1.54) is 11.3 Å². The molecule has 8 nitrogen and oxygen atoms in total. The number of para-hydroxylation sites is 1. The molecular formula is C31H28BrN3O5S. The molecule has 0 aliphatic carbocycles. The Kier molecular flexibility index (Phi) is 8.41. The number of thiazole rings is 1. The highest BCUT2D eigenvalue weighted by Crippen LogP contribution is 2.36. The molecule has 2 heterocycles. The van der Waals surface area contributed by atoms with Crippen LogP contribution < -0.4 is 34.4 Å². The molecule has 1 aromatic heterocycles. The van der Waals surface area contributed by atoms with Crippen LogP contribution in [-0.4, -0.2) is 31.3 Å². The Labute approximate surface area is 249 Å². The summed E-state index contributed by atoms with van der Waals surface area (Å²) in [5.74, 6) is 1.48. The molecule has 210 valence electrons. The summed E-state index contributed by atoms with van der Waals surface area (Å²) in [6.07, 6.45) is 1.79. The number of benzene rings is 3. The van der Waals surface area contributed by atoms with E-state index in [0.717, 1.165) is 11.1 Å². The zero-order valence-corrected chi connectivity index (χ0v) is 25.3. The number of nitrogens with one attached hydrogen (secondary N) is 1. The molecule has 0 bridgehead atoms. The molecule has 0 unspecified atom stereocenters. The number of carbonyl (C=O) groups excluding carboxylic acids is 1. The SMILES string of the molecule is CCOc1ccc([C@@H]2C(C(=O)Nc3ccccc3)=C(C)N=c3s/c(=C\c4cc(Br)c(OC)c(OC)c4)c(=O)n32)cc1. The number of ether oxygens (including phenoxy) is 3. The number of amides is 1. The Balaban J connectivity index is 1.66. The second kappa shape index (κ2) is 12.2. The van der Waals surface area contributed by atoms with E-state index >= 15 is 0 Å². The second-order valence-electron chi connectivity index (χ2n) is 9.14. The topological polar surface area (TPSA) is 91.2 Å². The largest absolute Gasteiger partial charge is 0.494 e. The van der Waals surface area contributed by atoms with Crippen molar-refractivity contribution >= 4 is 44.9 Å². The van der Waals surface area contributed by atoms with Crippen molar-refractivity contribution in [3.05, 3.63) is 113 Å². The van der Waals surface area contributed by atoms with Crippen LogP contribution in [0, 0.1) is 0 Å². The van der Waals surface area contributed by atoms with E-state index in [1.54, 1.807) is 37.9 Å². The first-order chi connectivity index (χ1) is 19.8. The van der Waals surface area contributed by atoms with Crippen LogP contribution in [-0.2, 0) is 4.79 Å². The number of rotatable bonds is 8. The summed E-state index contributed by atoms with van der Waals surface area (Å²) in [6.45, 7) is 4.25. The molecule has 1 N–H and O–H groups in total. The Morgan fingerprint density at radius 1 is 1.10 bits per heavy atom. The van der Waals surface area contributed by atoms with Gasteiger partial charge in [-0.2, -0.15) is 0 Å². The Morgan fingerprint density at radius 2 is 1.83 bits per heavy atom. The smallest absolute Gasteiger partial charge is 0.271 e. The van der Waals surface area contributed by atoms with Crippen molar-refractivity contribution < 1.29 is 19.0 Å². The van der Waals surface area contributed by atoms with Crippen LogP contribution in [0.5, 0.6) is 17.2 Å². The summed E-state index contributed by atoms with van der Waals surface area (Å²) in [5.41, 5.74) is 2.85. The third-order valence-electron chi connectivity index (χ3n) is 6.56. The van der Waals surface area contributed by atoms with Crippen LogP contribution in [0.1, 0.15) is 31.0 Å². The summed E-state index contributed by atoms with van der Waals surface area (Å²) in [5, 5.41) is 2.97. The lowest BCUT2D eigenvalue weighted by Gasteiger charge is -2.25. The van der Waals surface area contributed by atoms with Crippen molar-refractivity contribution in [2.24, 2.45) is 4.99 Å². The molecule has 0 saturated carbocycles. The van der Waals surface area contributed by atoms with E-state index in [2.05, 4.69) is 21.2 Å². The van der Waals surface area contributed by atoms with Gasteiger partial charge in [0.25, 0.3) is 11.5 Å². The van der Waals surface area contributed by atoms with Gasteiger partial charge in [-0.25, -0.2) is 4.99 Å². The molecule has 0 saturated heterocycles. The number of methoxy groups -OCH3 is 2. The van der Waals surface area contributed by atoms with Crippen molar-refractivity contribution in [1.82, 2.24) is 4.57 Å². The van der Waals surface area contributed by atoms with E-state index in [9.17, 15) is 9.59 Å². The third-order valence-corrected chi connectivity index (χ3v) is 8.13. The minimum Gasteiger partial charge on any atom is -0.494 e. The van der Waals surface area contributed by atoms with Crippen LogP contribution in [0.2, 0.25) is 0 Å². The van der Waals surface area contributed by atoms with Crippen molar-refractivity contribution in [3.8, 4) is 17.2 Å². The predicted octanol–water partition coefficient (Wildman–Crippen LogP) is 5.05. The highest BCUT2D eigenvalue weighted by atomic mass is 79.9. The molecule has 5 rings (SSSR count). The van der Waals surface area contributed by atoms with Gasteiger partial charge in [0.15, 0.2) is 16.3 Å². The Hall–Kier alpha value is -4.15. The molecule has 41 heavy (non-hydrogen) atoms. The number of fused-ring (bicyclic) bond motifs is 1. The molecule has 1 atom stereocenters. The van der Waals surface area contributed by atoms with E-state index in [4.69, 9.17) is 19.2 Å². The van der Waals surface area contributed by atoms with E-state index in [-0.39, 0.29) is 11.5 Å². The Bertz CT molecular complexity index is 1810. The van der Waals surface area contributed by atoms with E-state index < -0.39 is 6.04 Å². The molecule has 0 fully saturated rings. The minimum atomic E-state index is -0.690. The molecule has 0 radical (unpaired) electrons. The molecule has 1 aliphatic heterocycles. The average Bonchev–Trinajstić information content (AvgIpc) is 3.26. The molecule has 4 aromatic rings. The van der Waals surface area contributed by atoms with Crippen molar-refractivity contribution in [2.45, 2.75) is 19.9 Å². The zero-order valence-electron chi connectivity index (χ0n) is 22.9. The average molecular weight is 635 g/mol. The minimum absolute atomic E-state index is 0.254. The summed E-state index contributed by atoms with van der Waals surface area (Å²) in [6, 6.07) is 19.6. The number of aromatic nitrogens is 1. The lowest BCUT2D eigenvalue weighted by Crippen LogP contribution is -2.40. The highest BCUT2D eigenvalue weighted by Gasteiger charge is 2.32. The number of hydrogen-bond acceptors (Lipinski definition) is 7. The zero-order chi connectivity index (χ0) is 29.1.